The molecule has 25 heavy (non-hydrogen) atoms. The van der Waals surface area contributed by atoms with Crippen LogP contribution in [0.2, 0.25) is 0 Å². The van der Waals surface area contributed by atoms with E-state index in [9.17, 15) is 4.79 Å². The Labute approximate surface area is 147 Å². The average Bonchev–Trinajstić information content (AvgIpc) is 3.13. The highest BCUT2D eigenvalue weighted by Crippen LogP contribution is 2.34. The minimum atomic E-state index is 0.0506. The summed E-state index contributed by atoms with van der Waals surface area (Å²) < 4.78 is 10.8. The normalized spacial score (nSPS) is 19.1. The topological polar surface area (TPSA) is 67.5 Å². The molecule has 0 bridgehead atoms. The van der Waals surface area contributed by atoms with Gasteiger partial charge in [-0.15, -0.1) is 0 Å². The molecular weight excluding hydrogens is 318 g/mol. The van der Waals surface area contributed by atoms with Gasteiger partial charge in [0, 0.05) is 31.1 Å². The number of carbonyl (C=O) groups is 1. The molecule has 1 aliphatic carbocycles. The highest BCUT2D eigenvalue weighted by Gasteiger charge is 2.31. The smallest absolute Gasteiger partial charge is 0.226 e. The van der Waals surface area contributed by atoms with Gasteiger partial charge in [-0.3, -0.25) is 4.79 Å². The van der Waals surface area contributed by atoms with E-state index in [1.807, 2.05) is 17.0 Å². The predicted octanol–water partition coefficient (Wildman–Crippen LogP) is 2.12. The van der Waals surface area contributed by atoms with Crippen LogP contribution >= 0.6 is 0 Å². The van der Waals surface area contributed by atoms with Gasteiger partial charge in [0.25, 0.3) is 0 Å². The Morgan fingerprint density at radius 2 is 1.96 bits per heavy atom. The Morgan fingerprint density at radius 1 is 1.20 bits per heavy atom. The Morgan fingerprint density at radius 3 is 2.72 bits per heavy atom. The van der Waals surface area contributed by atoms with Crippen LogP contribution in [-0.2, 0) is 30.6 Å². The maximum atomic E-state index is 13.0. The van der Waals surface area contributed by atoms with Gasteiger partial charge in [-0.05, 0) is 42.5 Å². The predicted molar refractivity (Wildman–Crippen MR) is 92.8 cm³/mol. The van der Waals surface area contributed by atoms with Crippen LogP contribution in [0, 0.1) is 5.92 Å². The third kappa shape index (κ3) is 2.86. The molecule has 6 heteroatoms. The zero-order valence-electron chi connectivity index (χ0n) is 14.7. The van der Waals surface area contributed by atoms with Crippen molar-refractivity contribution < 1.29 is 14.3 Å². The zero-order valence-corrected chi connectivity index (χ0v) is 14.7. The number of carbonyl (C=O) groups excluding carboxylic acids is 1. The molecule has 2 aliphatic rings. The highest BCUT2D eigenvalue weighted by molar-refractivity contribution is 5.79. The number of rotatable bonds is 3. The average molecular weight is 341 g/mol. The van der Waals surface area contributed by atoms with Gasteiger partial charge >= 0.3 is 0 Å². The van der Waals surface area contributed by atoms with Crippen molar-refractivity contribution in [2.24, 2.45) is 5.92 Å². The van der Waals surface area contributed by atoms with Crippen LogP contribution in [0.1, 0.15) is 28.9 Å². The van der Waals surface area contributed by atoms with Gasteiger partial charge in [0.15, 0.2) is 11.5 Å². The van der Waals surface area contributed by atoms with E-state index in [2.05, 4.69) is 9.97 Å². The van der Waals surface area contributed by atoms with Crippen LogP contribution in [0.5, 0.6) is 11.5 Å². The Balaban J connectivity index is 1.51. The number of aromatic amines is 1. The van der Waals surface area contributed by atoms with Crippen LogP contribution in [0.3, 0.4) is 0 Å². The lowest BCUT2D eigenvalue weighted by Crippen LogP contribution is -2.41. The number of ether oxygens (including phenoxy) is 2. The van der Waals surface area contributed by atoms with E-state index in [1.165, 1.54) is 5.56 Å². The molecule has 0 spiro atoms. The molecule has 132 valence electrons. The third-order valence-electron chi connectivity index (χ3n) is 5.37. The second kappa shape index (κ2) is 6.43. The fraction of sp³-hybridized carbons (Fsp3) is 0.474. The second-order valence-electron chi connectivity index (χ2n) is 6.75. The molecule has 0 radical (unpaired) electrons. The number of benzene rings is 1. The number of methoxy groups -OCH3 is 2. The van der Waals surface area contributed by atoms with Gasteiger partial charge in [-0.25, -0.2) is 4.98 Å². The van der Waals surface area contributed by atoms with Crippen LogP contribution in [0.25, 0.3) is 0 Å². The van der Waals surface area contributed by atoms with E-state index in [1.54, 1.807) is 20.5 Å². The Bertz CT molecular complexity index is 799. The van der Waals surface area contributed by atoms with Crippen molar-refractivity contribution in [1.29, 1.82) is 0 Å². The Kier molecular flexibility index (Phi) is 4.11. The zero-order chi connectivity index (χ0) is 17.4. The highest BCUT2D eigenvalue weighted by atomic mass is 16.5. The lowest BCUT2D eigenvalue weighted by molar-refractivity contribution is -0.136. The first-order chi connectivity index (χ1) is 12.2. The fourth-order valence-corrected chi connectivity index (χ4v) is 3.94. The third-order valence-corrected chi connectivity index (χ3v) is 5.37. The van der Waals surface area contributed by atoms with E-state index < -0.39 is 0 Å². The molecule has 1 atom stereocenters. The maximum Gasteiger partial charge on any atom is 0.226 e. The maximum absolute atomic E-state index is 13.0. The van der Waals surface area contributed by atoms with Crippen LogP contribution in [0.4, 0.5) is 0 Å². The summed E-state index contributed by atoms with van der Waals surface area (Å²) in [6, 6.07) is 4.04. The van der Waals surface area contributed by atoms with Crippen molar-refractivity contribution >= 4 is 5.91 Å². The number of imidazole rings is 1. The van der Waals surface area contributed by atoms with Crippen LogP contribution < -0.4 is 9.47 Å². The summed E-state index contributed by atoms with van der Waals surface area (Å²) in [5.74, 6) is 1.77. The molecule has 4 rings (SSSR count). The summed E-state index contributed by atoms with van der Waals surface area (Å²) in [5, 5.41) is 0. The Hall–Kier alpha value is -2.50. The molecule has 1 aromatic carbocycles. The van der Waals surface area contributed by atoms with Gasteiger partial charge in [-0.2, -0.15) is 0 Å². The fourth-order valence-electron chi connectivity index (χ4n) is 3.94. The lowest BCUT2D eigenvalue weighted by Gasteiger charge is -2.33. The van der Waals surface area contributed by atoms with Crippen LogP contribution in [0.15, 0.2) is 18.5 Å². The lowest BCUT2D eigenvalue weighted by atomic mass is 9.88. The van der Waals surface area contributed by atoms with Gasteiger partial charge in [0.1, 0.15) is 0 Å². The van der Waals surface area contributed by atoms with Gasteiger partial charge < -0.3 is 19.4 Å². The van der Waals surface area contributed by atoms with Crippen molar-refractivity contribution in [3.8, 4) is 11.5 Å². The molecule has 1 aromatic heterocycles. The number of H-pyrrole nitrogens is 1. The molecule has 0 saturated heterocycles. The number of aromatic nitrogens is 2. The molecule has 2 heterocycles. The number of amides is 1. The monoisotopic (exact) mass is 341 g/mol. The van der Waals surface area contributed by atoms with Crippen molar-refractivity contribution in [3.63, 3.8) is 0 Å². The molecule has 6 nitrogen and oxygen atoms in total. The summed E-state index contributed by atoms with van der Waals surface area (Å²) in [6.45, 7) is 1.40. The van der Waals surface area contributed by atoms with E-state index >= 15 is 0 Å². The summed E-state index contributed by atoms with van der Waals surface area (Å²) in [6.07, 6.45) is 5.11. The summed E-state index contributed by atoms with van der Waals surface area (Å²) in [4.78, 5) is 22.5. The molecule has 0 unspecified atom stereocenters. The van der Waals surface area contributed by atoms with Crippen molar-refractivity contribution in [1.82, 2.24) is 14.9 Å². The summed E-state index contributed by atoms with van der Waals surface area (Å²) in [7, 11) is 3.29. The number of hydrogen-bond acceptors (Lipinski definition) is 4. The number of nitrogens with one attached hydrogen (secondary N) is 1. The minimum Gasteiger partial charge on any atom is -0.493 e. The van der Waals surface area contributed by atoms with E-state index in [0.717, 1.165) is 60.7 Å². The number of nitrogens with zero attached hydrogens (tertiary/aromatic N) is 2. The van der Waals surface area contributed by atoms with E-state index in [0.29, 0.717) is 6.54 Å². The summed E-state index contributed by atoms with van der Waals surface area (Å²) >= 11 is 0. The number of hydrogen-bond donors (Lipinski definition) is 1. The first-order valence-electron chi connectivity index (χ1n) is 8.73. The van der Waals surface area contributed by atoms with E-state index in [-0.39, 0.29) is 11.8 Å². The number of aryl methyl sites for hydroxylation is 1. The first-order valence-corrected chi connectivity index (χ1v) is 8.73. The largest absolute Gasteiger partial charge is 0.493 e. The molecular formula is C19H23N3O3. The van der Waals surface area contributed by atoms with Crippen molar-refractivity contribution in [3.05, 3.63) is 41.0 Å². The van der Waals surface area contributed by atoms with Crippen molar-refractivity contribution in [2.75, 3.05) is 20.8 Å². The molecule has 1 amide bonds. The first kappa shape index (κ1) is 16.0. The quantitative estimate of drug-likeness (QED) is 0.928. The van der Waals surface area contributed by atoms with Crippen molar-refractivity contribution in [2.45, 2.75) is 32.2 Å². The van der Waals surface area contributed by atoms with Gasteiger partial charge in [0.05, 0.1) is 26.2 Å². The summed E-state index contributed by atoms with van der Waals surface area (Å²) in [5.41, 5.74) is 4.62. The SMILES string of the molecule is COc1cc2c(cc1OC)CN(C(=O)[C@@H]1CCc3nc[nH]c3C1)CC2. The molecule has 0 fully saturated rings. The number of fused-ring (bicyclic) bond motifs is 2. The molecule has 1 aliphatic heterocycles. The van der Waals surface area contributed by atoms with Gasteiger partial charge in [0.2, 0.25) is 5.91 Å². The van der Waals surface area contributed by atoms with Crippen LogP contribution in [-0.4, -0.2) is 41.5 Å². The van der Waals surface area contributed by atoms with Gasteiger partial charge in [-0.1, -0.05) is 0 Å². The molecule has 0 saturated carbocycles. The second-order valence-corrected chi connectivity index (χ2v) is 6.75. The molecule has 1 N–H and O–H groups in total. The molecule has 2 aromatic rings. The minimum absolute atomic E-state index is 0.0506. The van der Waals surface area contributed by atoms with E-state index in [4.69, 9.17) is 9.47 Å². The standard InChI is InChI=1S/C19H23N3O3/c1-24-17-8-12-5-6-22(10-14(12)9-18(17)25-2)19(23)13-3-4-15-16(7-13)21-11-20-15/h8-9,11,13H,3-7,10H2,1-2H3,(H,20,21)/t13-/m1/s1.